The molecular formula is C14H16ClN7O. The molecule has 0 radical (unpaired) electrons. The van der Waals surface area contributed by atoms with Gasteiger partial charge in [0, 0.05) is 6.04 Å². The van der Waals surface area contributed by atoms with Crippen LogP contribution >= 0.6 is 11.6 Å². The molecule has 0 aromatic carbocycles. The van der Waals surface area contributed by atoms with Crippen molar-refractivity contribution in [2.24, 2.45) is 0 Å². The van der Waals surface area contributed by atoms with Crippen molar-refractivity contribution in [2.75, 3.05) is 11.1 Å². The highest BCUT2D eigenvalue weighted by Gasteiger charge is 2.17. The molecule has 3 N–H and O–H groups in total. The van der Waals surface area contributed by atoms with Crippen LogP contribution in [0.1, 0.15) is 32.1 Å². The van der Waals surface area contributed by atoms with Crippen molar-refractivity contribution in [3.63, 3.8) is 0 Å². The van der Waals surface area contributed by atoms with Crippen LogP contribution in [0.2, 0.25) is 5.22 Å². The van der Waals surface area contributed by atoms with E-state index in [1.807, 2.05) is 0 Å². The standard InChI is InChI=1S/C14H16ClN7O/c15-10-7-6-9(23-10)11-18-14-20-13(19-12(16)22(14)21-11)17-8-4-2-1-3-5-8/h6-8H,1-5H2,(H3,16,17,18,19,20,21). The molecule has 0 unspecified atom stereocenters. The molecule has 0 atom stereocenters. The van der Waals surface area contributed by atoms with Crippen molar-refractivity contribution >= 4 is 29.3 Å². The van der Waals surface area contributed by atoms with Gasteiger partial charge < -0.3 is 15.5 Å². The maximum absolute atomic E-state index is 5.97. The third-order valence-electron chi connectivity index (χ3n) is 3.97. The van der Waals surface area contributed by atoms with Crippen molar-refractivity contribution in [1.82, 2.24) is 24.6 Å². The summed E-state index contributed by atoms with van der Waals surface area (Å²) >= 11 is 5.78. The second kappa shape index (κ2) is 5.69. The number of furan rings is 1. The van der Waals surface area contributed by atoms with Crippen molar-refractivity contribution in [1.29, 1.82) is 0 Å². The van der Waals surface area contributed by atoms with Gasteiger partial charge in [0.2, 0.25) is 17.7 Å². The Bertz CT molecular complexity index is 837. The molecular weight excluding hydrogens is 318 g/mol. The Kier molecular flexibility index (Phi) is 3.53. The number of nitrogens with one attached hydrogen (secondary N) is 1. The fourth-order valence-electron chi connectivity index (χ4n) is 2.84. The summed E-state index contributed by atoms with van der Waals surface area (Å²) in [6.45, 7) is 0. The van der Waals surface area contributed by atoms with Gasteiger partial charge in [0.05, 0.1) is 0 Å². The lowest BCUT2D eigenvalue weighted by Gasteiger charge is -2.22. The summed E-state index contributed by atoms with van der Waals surface area (Å²) in [5.41, 5.74) is 5.97. The van der Waals surface area contributed by atoms with Gasteiger partial charge in [-0.25, -0.2) is 0 Å². The smallest absolute Gasteiger partial charge is 0.259 e. The van der Waals surface area contributed by atoms with Crippen LogP contribution in [0.15, 0.2) is 16.5 Å². The lowest BCUT2D eigenvalue weighted by Crippen LogP contribution is -2.24. The van der Waals surface area contributed by atoms with Crippen LogP contribution in [0, 0.1) is 0 Å². The number of hydrogen-bond donors (Lipinski definition) is 2. The van der Waals surface area contributed by atoms with Gasteiger partial charge in [-0.05, 0) is 36.6 Å². The highest BCUT2D eigenvalue weighted by atomic mass is 35.5. The van der Waals surface area contributed by atoms with E-state index >= 15 is 0 Å². The van der Waals surface area contributed by atoms with E-state index in [1.54, 1.807) is 12.1 Å². The zero-order valence-electron chi connectivity index (χ0n) is 12.4. The van der Waals surface area contributed by atoms with E-state index in [0.29, 0.717) is 29.4 Å². The van der Waals surface area contributed by atoms with E-state index in [9.17, 15) is 0 Å². The molecule has 1 aliphatic rings. The van der Waals surface area contributed by atoms with E-state index in [2.05, 4.69) is 25.4 Å². The van der Waals surface area contributed by atoms with Gasteiger partial charge in [0.15, 0.2) is 11.0 Å². The molecule has 0 bridgehead atoms. The van der Waals surface area contributed by atoms with Crippen molar-refractivity contribution in [3.05, 3.63) is 17.4 Å². The molecule has 1 aliphatic carbocycles. The van der Waals surface area contributed by atoms with Crippen LogP contribution in [0.5, 0.6) is 0 Å². The number of fused-ring (bicyclic) bond motifs is 1. The van der Waals surface area contributed by atoms with Gasteiger partial charge in [0.1, 0.15) is 0 Å². The molecule has 0 saturated heterocycles. The highest BCUT2D eigenvalue weighted by Crippen LogP contribution is 2.24. The highest BCUT2D eigenvalue weighted by molar-refractivity contribution is 6.28. The maximum atomic E-state index is 5.97. The molecule has 0 amide bonds. The maximum Gasteiger partial charge on any atom is 0.259 e. The van der Waals surface area contributed by atoms with Crippen LogP contribution in [0.3, 0.4) is 0 Å². The number of nitrogens with zero attached hydrogens (tertiary/aromatic N) is 5. The minimum atomic E-state index is 0.227. The summed E-state index contributed by atoms with van der Waals surface area (Å²) in [7, 11) is 0. The number of halogens is 1. The van der Waals surface area contributed by atoms with E-state index in [-0.39, 0.29) is 11.2 Å². The molecule has 8 nitrogen and oxygen atoms in total. The first kappa shape index (κ1) is 14.3. The molecule has 0 aliphatic heterocycles. The number of nitrogens with two attached hydrogens (primary N) is 1. The monoisotopic (exact) mass is 333 g/mol. The Hall–Kier alpha value is -2.35. The Morgan fingerprint density at radius 1 is 1.17 bits per heavy atom. The molecule has 3 aromatic rings. The van der Waals surface area contributed by atoms with Crippen molar-refractivity contribution in [3.8, 4) is 11.6 Å². The number of anilines is 2. The van der Waals surface area contributed by atoms with Crippen LogP contribution in [0.4, 0.5) is 11.9 Å². The summed E-state index contributed by atoms with van der Waals surface area (Å²) in [6, 6.07) is 3.71. The van der Waals surface area contributed by atoms with E-state index in [0.717, 1.165) is 12.8 Å². The van der Waals surface area contributed by atoms with E-state index < -0.39 is 0 Å². The Labute approximate surface area is 137 Å². The minimum Gasteiger partial charge on any atom is -0.441 e. The Balaban J connectivity index is 1.66. The Morgan fingerprint density at radius 2 is 2.00 bits per heavy atom. The minimum absolute atomic E-state index is 0.227. The SMILES string of the molecule is Nc1nc(NC2CCCCC2)nc2nc(-c3ccc(Cl)o3)nn12. The first-order chi connectivity index (χ1) is 11.2. The van der Waals surface area contributed by atoms with Gasteiger partial charge in [-0.3, -0.25) is 0 Å². The van der Waals surface area contributed by atoms with Crippen molar-refractivity contribution in [2.45, 2.75) is 38.1 Å². The zero-order chi connectivity index (χ0) is 15.8. The van der Waals surface area contributed by atoms with Crippen molar-refractivity contribution < 1.29 is 4.42 Å². The fourth-order valence-corrected chi connectivity index (χ4v) is 2.98. The number of hydrogen-bond acceptors (Lipinski definition) is 7. The average Bonchev–Trinajstić information content (AvgIpc) is 3.14. The number of aromatic nitrogens is 5. The van der Waals surface area contributed by atoms with Crippen LogP contribution < -0.4 is 11.1 Å². The number of nitrogen functional groups attached to an aromatic ring is 1. The molecule has 3 heterocycles. The topological polar surface area (TPSA) is 107 Å². The van der Waals surface area contributed by atoms with Gasteiger partial charge in [-0.2, -0.15) is 19.5 Å². The van der Waals surface area contributed by atoms with Crippen LogP contribution in [-0.4, -0.2) is 30.6 Å². The molecule has 4 rings (SSSR count). The second-order valence-corrected chi connectivity index (χ2v) is 6.01. The predicted molar refractivity (Wildman–Crippen MR) is 86.2 cm³/mol. The van der Waals surface area contributed by atoms with Gasteiger partial charge in [-0.1, -0.05) is 19.3 Å². The molecule has 1 saturated carbocycles. The second-order valence-electron chi connectivity index (χ2n) is 5.64. The largest absolute Gasteiger partial charge is 0.441 e. The quantitative estimate of drug-likeness (QED) is 0.758. The average molecular weight is 334 g/mol. The summed E-state index contributed by atoms with van der Waals surface area (Å²) in [5.74, 6) is 1.91. The molecule has 1 fully saturated rings. The molecule has 9 heteroatoms. The first-order valence-corrected chi connectivity index (χ1v) is 7.99. The molecule has 120 valence electrons. The van der Waals surface area contributed by atoms with E-state index in [1.165, 1.54) is 23.8 Å². The van der Waals surface area contributed by atoms with Gasteiger partial charge in [0.25, 0.3) is 5.78 Å². The zero-order valence-corrected chi connectivity index (χ0v) is 13.1. The lowest BCUT2D eigenvalue weighted by molar-refractivity contribution is 0.461. The summed E-state index contributed by atoms with van der Waals surface area (Å²) in [5, 5.41) is 7.87. The molecule has 0 spiro atoms. The third-order valence-corrected chi connectivity index (χ3v) is 4.17. The third kappa shape index (κ3) is 2.81. The number of rotatable bonds is 3. The van der Waals surface area contributed by atoms with Crippen LogP contribution in [0.25, 0.3) is 17.4 Å². The normalized spacial score (nSPS) is 16.0. The summed E-state index contributed by atoms with van der Waals surface area (Å²) in [6.07, 6.45) is 5.99. The van der Waals surface area contributed by atoms with E-state index in [4.69, 9.17) is 21.8 Å². The summed E-state index contributed by atoms with van der Waals surface area (Å²) in [4.78, 5) is 13.0. The Morgan fingerprint density at radius 3 is 2.74 bits per heavy atom. The molecule has 23 heavy (non-hydrogen) atoms. The van der Waals surface area contributed by atoms with Gasteiger partial charge >= 0.3 is 0 Å². The van der Waals surface area contributed by atoms with Crippen LogP contribution in [-0.2, 0) is 0 Å². The fraction of sp³-hybridized carbons (Fsp3) is 0.429. The summed E-state index contributed by atoms with van der Waals surface area (Å²) < 4.78 is 6.70. The van der Waals surface area contributed by atoms with Gasteiger partial charge in [-0.15, -0.1) is 5.10 Å². The first-order valence-electron chi connectivity index (χ1n) is 7.61. The lowest BCUT2D eigenvalue weighted by atomic mass is 9.96. The molecule has 3 aromatic heterocycles. The predicted octanol–water partition coefficient (Wildman–Crippen LogP) is 2.76.